The van der Waals surface area contributed by atoms with Gasteiger partial charge < -0.3 is 4.90 Å². The highest BCUT2D eigenvalue weighted by molar-refractivity contribution is 9.10. The van der Waals surface area contributed by atoms with Crippen molar-refractivity contribution in [3.8, 4) is 0 Å². The molecule has 2 rings (SSSR count). The van der Waals surface area contributed by atoms with Crippen molar-refractivity contribution in [2.75, 3.05) is 11.4 Å². The van der Waals surface area contributed by atoms with E-state index >= 15 is 0 Å². The molecule has 0 unspecified atom stereocenters. The number of carbonyl (C=O) groups is 1. The van der Waals surface area contributed by atoms with Gasteiger partial charge in [0.2, 0.25) is 0 Å². The predicted octanol–water partition coefficient (Wildman–Crippen LogP) is 4.73. The average molecular weight is 332 g/mol. The standard InChI is InChI=1S/C17H18BrNO/c1-4-19(15-7-5-6-12(2)10-15)17(20)16-11-14(18)9-8-13(16)3/h5-11H,4H2,1-3H3. The van der Waals surface area contributed by atoms with E-state index in [1.54, 1.807) is 0 Å². The van der Waals surface area contributed by atoms with Gasteiger partial charge in [-0.15, -0.1) is 0 Å². The van der Waals surface area contributed by atoms with Crippen molar-refractivity contribution in [1.82, 2.24) is 0 Å². The van der Waals surface area contributed by atoms with Crippen LogP contribution in [0.15, 0.2) is 46.9 Å². The zero-order valence-electron chi connectivity index (χ0n) is 12.0. The summed E-state index contributed by atoms with van der Waals surface area (Å²) in [5, 5.41) is 0. The van der Waals surface area contributed by atoms with Gasteiger partial charge in [-0.25, -0.2) is 0 Å². The molecule has 0 bridgehead atoms. The third kappa shape index (κ3) is 3.10. The second kappa shape index (κ2) is 6.23. The largest absolute Gasteiger partial charge is 0.309 e. The molecule has 104 valence electrons. The van der Waals surface area contributed by atoms with Crippen molar-refractivity contribution in [2.24, 2.45) is 0 Å². The van der Waals surface area contributed by atoms with Gasteiger partial charge in [0, 0.05) is 22.3 Å². The minimum Gasteiger partial charge on any atom is -0.309 e. The van der Waals surface area contributed by atoms with E-state index in [4.69, 9.17) is 0 Å². The van der Waals surface area contributed by atoms with Crippen LogP contribution in [-0.2, 0) is 0 Å². The van der Waals surface area contributed by atoms with Gasteiger partial charge in [0.25, 0.3) is 5.91 Å². The van der Waals surface area contributed by atoms with E-state index in [1.807, 2.05) is 68.1 Å². The van der Waals surface area contributed by atoms with Crippen LogP contribution in [0.4, 0.5) is 5.69 Å². The molecule has 0 atom stereocenters. The maximum atomic E-state index is 12.8. The summed E-state index contributed by atoms with van der Waals surface area (Å²) in [6.07, 6.45) is 0. The molecule has 0 N–H and O–H groups in total. The van der Waals surface area contributed by atoms with Crippen LogP contribution in [0.3, 0.4) is 0 Å². The lowest BCUT2D eigenvalue weighted by Crippen LogP contribution is -2.31. The first-order valence-corrected chi connectivity index (χ1v) is 7.47. The van der Waals surface area contributed by atoms with Crippen LogP contribution in [0, 0.1) is 13.8 Å². The highest BCUT2D eigenvalue weighted by Crippen LogP contribution is 2.22. The van der Waals surface area contributed by atoms with Crippen LogP contribution >= 0.6 is 15.9 Å². The second-order valence-corrected chi connectivity index (χ2v) is 5.76. The Bertz CT molecular complexity index is 637. The number of aryl methyl sites for hydroxylation is 2. The van der Waals surface area contributed by atoms with Crippen molar-refractivity contribution in [3.63, 3.8) is 0 Å². The van der Waals surface area contributed by atoms with Gasteiger partial charge in [0.1, 0.15) is 0 Å². The molecule has 3 heteroatoms. The van der Waals surface area contributed by atoms with Crippen molar-refractivity contribution in [3.05, 3.63) is 63.6 Å². The molecule has 0 saturated heterocycles. The zero-order chi connectivity index (χ0) is 14.7. The molecule has 0 fully saturated rings. The fraction of sp³-hybridized carbons (Fsp3) is 0.235. The van der Waals surface area contributed by atoms with Crippen LogP contribution in [0.2, 0.25) is 0 Å². The Morgan fingerprint density at radius 3 is 2.55 bits per heavy atom. The van der Waals surface area contributed by atoms with Crippen LogP contribution in [-0.4, -0.2) is 12.5 Å². The number of amides is 1. The number of hydrogen-bond acceptors (Lipinski definition) is 1. The lowest BCUT2D eigenvalue weighted by Gasteiger charge is -2.22. The third-order valence-corrected chi connectivity index (χ3v) is 3.80. The number of hydrogen-bond donors (Lipinski definition) is 0. The molecule has 0 spiro atoms. The molecule has 1 amide bonds. The summed E-state index contributed by atoms with van der Waals surface area (Å²) in [5.74, 6) is 0.0388. The Hall–Kier alpha value is -1.61. The fourth-order valence-electron chi connectivity index (χ4n) is 2.21. The Morgan fingerprint density at radius 1 is 1.15 bits per heavy atom. The van der Waals surface area contributed by atoms with E-state index in [0.29, 0.717) is 6.54 Å². The molecule has 2 aromatic carbocycles. The third-order valence-electron chi connectivity index (χ3n) is 3.30. The topological polar surface area (TPSA) is 20.3 Å². The zero-order valence-corrected chi connectivity index (χ0v) is 13.6. The molecular weight excluding hydrogens is 314 g/mol. The van der Waals surface area contributed by atoms with Crippen molar-refractivity contribution in [2.45, 2.75) is 20.8 Å². The van der Waals surface area contributed by atoms with Gasteiger partial charge in [-0.3, -0.25) is 4.79 Å². The molecule has 20 heavy (non-hydrogen) atoms. The van der Waals surface area contributed by atoms with Crippen LogP contribution in [0.5, 0.6) is 0 Å². The Balaban J connectivity index is 2.41. The lowest BCUT2D eigenvalue weighted by atomic mass is 10.1. The number of halogens is 1. The molecular formula is C17H18BrNO. The predicted molar refractivity (Wildman–Crippen MR) is 87.4 cm³/mol. The Morgan fingerprint density at radius 2 is 1.90 bits per heavy atom. The lowest BCUT2D eigenvalue weighted by molar-refractivity contribution is 0.0987. The van der Waals surface area contributed by atoms with Gasteiger partial charge in [0.15, 0.2) is 0 Å². The number of carbonyl (C=O) groups excluding carboxylic acids is 1. The minimum absolute atomic E-state index is 0.0388. The number of rotatable bonds is 3. The summed E-state index contributed by atoms with van der Waals surface area (Å²) in [5.41, 5.74) is 3.82. The van der Waals surface area contributed by atoms with Crippen LogP contribution in [0.25, 0.3) is 0 Å². The van der Waals surface area contributed by atoms with E-state index in [1.165, 1.54) is 0 Å². The summed E-state index contributed by atoms with van der Waals surface area (Å²) in [6, 6.07) is 13.8. The Labute approximate surface area is 128 Å². The van der Waals surface area contributed by atoms with E-state index in [2.05, 4.69) is 15.9 Å². The molecule has 0 aliphatic carbocycles. The molecule has 0 radical (unpaired) electrons. The normalized spacial score (nSPS) is 10.4. The second-order valence-electron chi connectivity index (χ2n) is 4.85. The molecule has 0 aliphatic rings. The maximum absolute atomic E-state index is 12.8. The summed E-state index contributed by atoms with van der Waals surface area (Å²) in [6.45, 7) is 6.64. The minimum atomic E-state index is 0.0388. The first-order chi connectivity index (χ1) is 9.52. The van der Waals surface area contributed by atoms with E-state index in [-0.39, 0.29) is 5.91 Å². The van der Waals surface area contributed by atoms with Crippen LogP contribution in [0.1, 0.15) is 28.4 Å². The molecule has 0 saturated carbocycles. The SMILES string of the molecule is CCN(C(=O)c1cc(Br)ccc1C)c1cccc(C)c1. The summed E-state index contributed by atoms with van der Waals surface area (Å²) in [4.78, 5) is 14.6. The van der Waals surface area contributed by atoms with E-state index in [0.717, 1.165) is 26.9 Å². The van der Waals surface area contributed by atoms with E-state index in [9.17, 15) is 4.79 Å². The smallest absolute Gasteiger partial charge is 0.258 e. The van der Waals surface area contributed by atoms with Gasteiger partial charge >= 0.3 is 0 Å². The summed E-state index contributed by atoms with van der Waals surface area (Å²) in [7, 11) is 0. The number of nitrogens with zero attached hydrogens (tertiary/aromatic N) is 1. The molecule has 0 aliphatic heterocycles. The fourth-order valence-corrected chi connectivity index (χ4v) is 2.57. The molecule has 2 aromatic rings. The monoisotopic (exact) mass is 331 g/mol. The highest BCUT2D eigenvalue weighted by atomic mass is 79.9. The highest BCUT2D eigenvalue weighted by Gasteiger charge is 2.18. The number of anilines is 1. The summed E-state index contributed by atoms with van der Waals surface area (Å²) >= 11 is 3.43. The average Bonchev–Trinajstić information content (AvgIpc) is 2.42. The van der Waals surface area contributed by atoms with Gasteiger partial charge in [-0.05, 0) is 56.2 Å². The Kier molecular flexibility index (Phi) is 4.61. The van der Waals surface area contributed by atoms with Gasteiger partial charge in [-0.2, -0.15) is 0 Å². The van der Waals surface area contributed by atoms with E-state index < -0.39 is 0 Å². The van der Waals surface area contributed by atoms with Crippen molar-refractivity contribution in [1.29, 1.82) is 0 Å². The van der Waals surface area contributed by atoms with Crippen molar-refractivity contribution < 1.29 is 4.79 Å². The van der Waals surface area contributed by atoms with Crippen molar-refractivity contribution >= 4 is 27.5 Å². The first-order valence-electron chi connectivity index (χ1n) is 6.67. The quantitative estimate of drug-likeness (QED) is 0.795. The molecule has 2 nitrogen and oxygen atoms in total. The maximum Gasteiger partial charge on any atom is 0.258 e. The van der Waals surface area contributed by atoms with Gasteiger partial charge in [-0.1, -0.05) is 34.1 Å². The van der Waals surface area contributed by atoms with Crippen LogP contribution < -0.4 is 4.90 Å². The first kappa shape index (κ1) is 14.8. The number of benzene rings is 2. The molecule has 0 aromatic heterocycles. The van der Waals surface area contributed by atoms with Gasteiger partial charge in [0.05, 0.1) is 0 Å². The molecule has 0 heterocycles. The summed E-state index contributed by atoms with van der Waals surface area (Å²) < 4.78 is 0.923.